The number of methoxy groups -OCH3 is 1. The lowest BCUT2D eigenvalue weighted by atomic mass is 10.1. The minimum absolute atomic E-state index is 0.0944. The Kier molecular flexibility index (Phi) is 6.10. The number of nitrogens with zero attached hydrogens (tertiary/aromatic N) is 1. The summed E-state index contributed by atoms with van der Waals surface area (Å²) in [6.45, 7) is 2.07. The van der Waals surface area contributed by atoms with E-state index < -0.39 is 0 Å². The molecule has 4 nitrogen and oxygen atoms in total. The summed E-state index contributed by atoms with van der Waals surface area (Å²) in [6.07, 6.45) is 0.414. The third-order valence-electron chi connectivity index (χ3n) is 3.87. The lowest BCUT2D eigenvalue weighted by molar-refractivity contribution is -0.127. The second-order valence-electron chi connectivity index (χ2n) is 5.92. The van der Waals surface area contributed by atoms with Crippen molar-refractivity contribution in [2.75, 3.05) is 26.5 Å². The van der Waals surface area contributed by atoms with E-state index in [9.17, 15) is 4.79 Å². The summed E-state index contributed by atoms with van der Waals surface area (Å²) < 4.78 is 5.18. The average Bonchev–Trinajstić information content (AvgIpc) is 2.56. The number of likely N-dealkylation sites (N-methyl/N-ethyl adjacent to an activating group) is 1. The van der Waals surface area contributed by atoms with Gasteiger partial charge in [-0.1, -0.05) is 29.8 Å². The van der Waals surface area contributed by atoms with Gasteiger partial charge in [-0.15, -0.1) is 0 Å². The van der Waals surface area contributed by atoms with E-state index in [1.807, 2.05) is 42.5 Å². The summed E-state index contributed by atoms with van der Waals surface area (Å²) in [6, 6.07) is 13.8. The van der Waals surface area contributed by atoms with Gasteiger partial charge in [0.25, 0.3) is 0 Å². The van der Waals surface area contributed by atoms with E-state index in [1.165, 1.54) is 0 Å². The zero-order valence-electron chi connectivity index (χ0n) is 14.5. The molecular formula is C19H23ClN2O2. The van der Waals surface area contributed by atoms with E-state index in [0.717, 1.165) is 16.8 Å². The van der Waals surface area contributed by atoms with Gasteiger partial charge in [0.05, 0.1) is 18.6 Å². The first-order valence-electron chi connectivity index (χ1n) is 7.79. The third-order valence-corrected chi connectivity index (χ3v) is 4.16. The number of amides is 1. The Morgan fingerprint density at radius 2 is 1.88 bits per heavy atom. The van der Waals surface area contributed by atoms with Crippen molar-refractivity contribution in [1.29, 1.82) is 0 Å². The van der Waals surface area contributed by atoms with E-state index >= 15 is 0 Å². The monoisotopic (exact) mass is 346 g/mol. The SMILES string of the molecule is COc1ccc([C@@H](C)Nc2ccc(CC(=O)N(C)C)cc2)cc1Cl. The molecule has 1 amide bonds. The van der Waals surface area contributed by atoms with E-state index in [4.69, 9.17) is 16.3 Å². The van der Waals surface area contributed by atoms with Gasteiger partial charge in [0, 0.05) is 25.8 Å². The number of carbonyl (C=O) groups excluding carboxylic acids is 1. The Bertz CT molecular complexity index is 699. The van der Waals surface area contributed by atoms with Crippen LogP contribution in [0.15, 0.2) is 42.5 Å². The van der Waals surface area contributed by atoms with Crippen molar-refractivity contribution in [3.8, 4) is 5.75 Å². The van der Waals surface area contributed by atoms with Crippen molar-refractivity contribution in [3.05, 3.63) is 58.6 Å². The smallest absolute Gasteiger partial charge is 0.226 e. The van der Waals surface area contributed by atoms with Crippen LogP contribution in [0.2, 0.25) is 5.02 Å². The number of halogens is 1. The third kappa shape index (κ3) is 4.65. The standard InChI is InChI=1S/C19H23ClN2O2/c1-13(15-7-10-18(24-4)17(20)12-15)21-16-8-5-14(6-9-16)11-19(23)22(2)3/h5-10,12-13,21H,11H2,1-4H3/t13-/m1/s1. The first-order chi connectivity index (χ1) is 11.4. The molecule has 24 heavy (non-hydrogen) atoms. The molecule has 0 aliphatic rings. The van der Waals surface area contributed by atoms with Gasteiger partial charge >= 0.3 is 0 Å². The molecule has 0 aliphatic heterocycles. The maximum atomic E-state index is 11.7. The van der Waals surface area contributed by atoms with Crippen LogP contribution in [0.5, 0.6) is 5.75 Å². The highest BCUT2D eigenvalue weighted by molar-refractivity contribution is 6.32. The fourth-order valence-electron chi connectivity index (χ4n) is 2.34. The number of rotatable bonds is 6. The van der Waals surface area contributed by atoms with Gasteiger partial charge in [0.2, 0.25) is 5.91 Å². The van der Waals surface area contributed by atoms with Crippen molar-refractivity contribution >= 4 is 23.2 Å². The molecule has 0 spiro atoms. The first-order valence-corrected chi connectivity index (χ1v) is 8.17. The molecule has 0 saturated heterocycles. The number of carbonyl (C=O) groups is 1. The van der Waals surface area contributed by atoms with Gasteiger partial charge in [-0.05, 0) is 42.3 Å². The summed E-state index contributed by atoms with van der Waals surface area (Å²) in [5.41, 5.74) is 3.07. The van der Waals surface area contributed by atoms with Gasteiger partial charge in [-0.3, -0.25) is 4.79 Å². The molecule has 0 radical (unpaired) electrons. The van der Waals surface area contributed by atoms with E-state index in [1.54, 1.807) is 26.1 Å². The van der Waals surface area contributed by atoms with E-state index in [2.05, 4.69) is 12.2 Å². The maximum absolute atomic E-state index is 11.7. The van der Waals surface area contributed by atoms with Crippen LogP contribution in [0.1, 0.15) is 24.1 Å². The summed E-state index contributed by atoms with van der Waals surface area (Å²) in [4.78, 5) is 13.3. The predicted molar refractivity (Wildman–Crippen MR) is 98.9 cm³/mol. The molecule has 0 aliphatic carbocycles. The van der Waals surface area contributed by atoms with Crippen molar-refractivity contribution in [2.24, 2.45) is 0 Å². The van der Waals surface area contributed by atoms with Crippen LogP contribution >= 0.6 is 11.6 Å². The molecular weight excluding hydrogens is 324 g/mol. The molecule has 2 aromatic carbocycles. The highest BCUT2D eigenvalue weighted by atomic mass is 35.5. The van der Waals surface area contributed by atoms with Crippen LogP contribution in [0.4, 0.5) is 5.69 Å². The Hall–Kier alpha value is -2.20. The first kappa shape index (κ1) is 18.1. The highest BCUT2D eigenvalue weighted by Gasteiger charge is 2.09. The Morgan fingerprint density at radius 3 is 2.42 bits per heavy atom. The second-order valence-corrected chi connectivity index (χ2v) is 6.33. The van der Waals surface area contributed by atoms with E-state index in [0.29, 0.717) is 17.2 Å². The molecule has 0 heterocycles. The molecule has 1 N–H and O–H groups in total. The normalized spacial score (nSPS) is 11.7. The van der Waals surface area contributed by atoms with E-state index in [-0.39, 0.29) is 11.9 Å². The summed E-state index contributed by atoms with van der Waals surface area (Å²) in [5, 5.41) is 4.03. The average molecular weight is 347 g/mol. The minimum atomic E-state index is 0.0944. The molecule has 0 bridgehead atoms. The minimum Gasteiger partial charge on any atom is -0.495 e. The zero-order chi connectivity index (χ0) is 17.7. The van der Waals surface area contributed by atoms with Gasteiger partial charge < -0.3 is 15.0 Å². The molecule has 0 fully saturated rings. The van der Waals surface area contributed by atoms with Crippen molar-refractivity contribution in [2.45, 2.75) is 19.4 Å². The van der Waals surface area contributed by atoms with Gasteiger partial charge in [-0.2, -0.15) is 0 Å². The lowest BCUT2D eigenvalue weighted by Gasteiger charge is -2.17. The molecule has 0 aromatic heterocycles. The van der Waals surface area contributed by atoms with Gasteiger partial charge in [-0.25, -0.2) is 0 Å². The summed E-state index contributed by atoms with van der Waals surface area (Å²) >= 11 is 6.18. The number of hydrogen-bond donors (Lipinski definition) is 1. The zero-order valence-corrected chi connectivity index (χ0v) is 15.2. The van der Waals surface area contributed by atoms with Crippen molar-refractivity contribution in [3.63, 3.8) is 0 Å². The Labute approximate surface area is 148 Å². The number of hydrogen-bond acceptors (Lipinski definition) is 3. The summed E-state index contributed by atoms with van der Waals surface area (Å²) in [5.74, 6) is 0.763. The fraction of sp³-hybridized carbons (Fsp3) is 0.316. The van der Waals surface area contributed by atoms with Crippen molar-refractivity contribution < 1.29 is 9.53 Å². The fourth-order valence-corrected chi connectivity index (χ4v) is 2.60. The van der Waals surface area contributed by atoms with Crippen LogP contribution in [0, 0.1) is 0 Å². The Morgan fingerprint density at radius 1 is 1.21 bits per heavy atom. The Balaban J connectivity index is 2.02. The topological polar surface area (TPSA) is 41.6 Å². The largest absolute Gasteiger partial charge is 0.495 e. The maximum Gasteiger partial charge on any atom is 0.226 e. The lowest BCUT2D eigenvalue weighted by Crippen LogP contribution is -2.23. The number of anilines is 1. The van der Waals surface area contributed by atoms with Crippen LogP contribution in [0.3, 0.4) is 0 Å². The quantitative estimate of drug-likeness (QED) is 0.854. The summed E-state index contributed by atoms with van der Waals surface area (Å²) in [7, 11) is 5.13. The molecule has 1 atom stereocenters. The number of benzene rings is 2. The number of ether oxygens (including phenoxy) is 1. The van der Waals surface area contributed by atoms with Crippen LogP contribution in [0.25, 0.3) is 0 Å². The molecule has 5 heteroatoms. The predicted octanol–water partition coefficient (Wildman–Crippen LogP) is 4.15. The highest BCUT2D eigenvalue weighted by Crippen LogP contribution is 2.29. The molecule has 0 unspecified atom stereocenters. The van der Waals surface area contributed by atoms with Crippen LogP contribution in [-0.4, -0.2) is 32.0 Å². The van der Waals surface area contributed by atoms with Gasteiger partial charge in [0.1, 0.15) is 5.75 Å². The molecule has 2 rings (SSSR count). The second kappa shape index (κ2) is 8.06. The molecule has 2 aromatic rings. The van der Waals surface area contributed by atoms with Crippen molar-refractivity contribution in [1.82, 2.24) is 4.90 Å². The molecule has 128 valence electrons. The van der Waals surface area contributed by atoms with Crippen LogP contribution < -0.4 is 10.1 Å². The molecule has 0 saturated carbocycles. The van der Waals surface area contributed by atoms with Gasteiger partial charge in [0.15, 0.2) is 0 Å². The number of nitrogens with one attached hydrogen (secondary N) is 1. The van der Waals surface area contributed by atoms with Crippen LogP contribution in [-0.2, 0) is 11.2 Å².